The summed E-state index contributed by atoms with van der Waals surface area (Å²) >= 11 is 6.86. The molecule has 0 radical (unpaired) electrons. The molecule has 4 heterocycles. The van der Waals surface area contributed by atoms with Crippen LogP contribution in [0.25, 0.3) is 11.7 Å². The molecule has 0 N–H and O–H groups in total. The predicted molar refractivity (Wildman–Crippen MR) is 171 cm³/mol. The zero-order valence-corrected chi connectivity index (χ0v) is 24.7. The van der Waals surface area contributed by atoms with E-state index >= 15 is 0 Å². The maximum atomic E-state index is 13.9. The molecule has 0 saturated carbocycles. The molecular weight excluding hydrogens is 549 g/mol. The minimum absolute atomic E-state index is 0.155. The summed E-state index contributed by atoms with van der Waals surface area (Å²) in [7, 11) is 0. The highest BCUT2D eigenvalue weighted by Crippen LogP contribution is 2.34. The van der Waals surface area contributed by atoms with E-state index in [9.17, 15) is 9.59 Å². The van der Waals surface area contributed by atoms with Gasteiger partial charge < -0.3 is 4.90 Å². The smallest absolute Gasteiger partial charge is 0.267 e. The molecule has 2 saturated heterocycles. The van der Waals surface area contributed by atoms with Crippen molar-refractivity contribution in [2.45, 2.75) is 32.6 Å². The third-order valence-electron chi connectivity index (χ3n) is 7.96. The van der Waals surface area contributed by atoms with Crippen LogP contribution in [0.2, 0.25) is 0 Å². The molecule has 0 atom stereocenters. The number of anilines is 1. The van der Waals surface area contributed by atoms with Crippen LogP contribution in [0.4, 0.5) is 5.82 Å². The summed E-state index contributed by atoms with van der Waals surface area (Å²) < 4.78 is 2.10. The van der Waals surface area contributed by atoms with Crippen molar-refractivity contribution < 1.29 is 4.79 Å². The molecule has 41 heavy (non-hydrogen) atoms. The summed E-state index contributed by atoms with van der Waals surface area (Å²) in [5, 5.41) is 0. The molecule has 2 aliphatic heterocycles. The van der Waals surface area contributed by atoms with Crippen LogP contribution in [0.5, 0.6) is 0 Å². The first-order valence-corrected chi connectivity index (χ1v) is 15.3. The summed E-state index contributed by atoms with van der Waals surface area (Å²) in [5.74, 6) is 1.08. The van der Waals surface area contributed by atoms with Crippen molar-refractivity contribution in [3.05, 3.63) is 117 Å². The predicted octanol–water partition coefficient (Wildman–Crippen LogP) is 5.91. The quantitative estimate of drug-likeness (QED) is 0.200. The minimum Gasteiger partial charge on any atom is -0.356 e. The van der Waals surface area contributed by atoms with Gasteiger partial charge in [0, 0.05) is 25.8 Å². The molecule has 2 aromatic carbocycles. The number of aryl methyl sites for hydroxylation is 1. The molecular formula is C33H32N4O2S2. The van der Waals surface area contributed by atoms with Gasteiger partial charge in [0.15, 0.2) is 0 Å². The van der Waals surface area contributed by atoms with Crippen LogP contribution in [0, 0.1) is 12.8 Å². The van der Waals surface area contributed by atoms with E-state index in [1.165, 1.54) is 17.3 Å². The molecule has 8 heteroatoms. The first-order valence-electron chi connectivity index (χ1n) is 14.1. The largest absolute Gasteiger partial charge is 0.356 e. The van der Waals surface area contributed by atoms with Crippen molar-refractivity contribution in [3.8, 4) is 0 Å². The minimum atomic E-state index is -0.172. The number of pyridine rings is 1. The number of hydrogen-bond acceptors (Lipinski definition) is 6. The molecule has 6 rings (SSSR count). The lowest BCUT2D eigenvalue weighted by atomic mass is 9.90. The Bertz CT molecular complexity index is 1680. The zero-order valence-electron chi connectivity index (χ0n) is 23.0. The molecule has 2 aromatic heterocycles. The Morgan fingerprint density at radius 3 is 2.34 bits per heavy atom. The number of carbonyl (C=O) groups is 1. The van der Waals surface area contributed by atoms with Gasteiger partial charge in [-0.1, -0.05) is 90.7 Å². The van der Waals surface area contributed by atoms with Gasteiger partial charge in [-0.05, 0) is 67.4 Å². The molecule has 1 amide bonds. The van der Waals surface area contributed by atoms with Gasteiger partial charge in [0.2, 0.25) is 0 Å². The lowest BCUT2D eigenvalue weighted by Gasteiger charge is -2.33. The van der Waals surface area contributed by atoms with Crippen molar-refractivity contribution >= 4 is 51.7 Å². The number of aromatic nitrogens is 2. The monoisotopic (exact) mass is 580 g/mol. The number of carbonyl (C=O) groups excluding carboxylic acids is 1. The number of nitrogens with zero attached hydrogens (tertiary/aromatic N) is 4. The van der Waals surface area contributed by atoms with Crippen LogP contribution < -0.4 is 10.5 Å². The van der Waals surface area contributed by atoms with E-state index < -0.39 is 0 Å². The Morgan fingerprint density at radius 2 is 1.63 bits per heavy atom. The van der Waals surface area contributed by atoms with Gasteiger partial charge in [0.25, 0.3) is 11.5 Å². The van der Waals surface area contributed by atoms with Crippen molar-refractivity contribution in [2.24, 2.45) is 5.92 Å². The van der Waals surface area contributed by atoms with Crippen molar-refractivity contribution in [2.75, 3.05) is 24.5 Å². The third-order valence-corrected chi connectivity index (χ3v) is 9.34. The topological polar surface area (TPSA) is 57.9 Å². The summed E-state index contributed by atoms with van der Waals surface area (Å²) in [5.41, 5.74) is 4.36. The standard InChI is InChI=1S/C33H32N4O2S2/c1-23-9-8-17-36-29(23)34-30(35-18-14-26(15-19-35)21-25-12-6-3-7-13-25)27(31(36)38)22-28-32(39)37(33(40)41-28)20-16-24-10-4-2-5-11-24/h2-13,17,22,26H,14-16,18-21H2,1H3/b28-22+. The third kappa shape index (κ3) is 5.85. The van der Waals surface area contributed by atoms with E-state index in [0.29, 0.717) is 45.1 Å². The Kier molecular flexibility index (Phi) is 8.03. The highest BCUT2D eigenvalue weighted by atomic mass is 32.2. The molecule has 0 bridgehead atoms. The average Bonchev–Trinajstić information content (AvgIpc) is 3.26. The molecule has 0 aliphatic carbocycles. The molecule has 208 valence electrons. The average molecular weight is 581 g/mol. The molecule has 0 spiro atoms. The van der Waals surface area contributed by atoms with Gasteiger partial charge in [-0.15, -0.1) is 0 Å². The zero-order chi connectivity index (χ0) is 28.3. The normalized spacial score (nSPS) is 17.2. The fourth-order valence-electron chi connectivity index (χ4n) is 5.67. The number of amides is 1. The molecule has 6 nitrogen and oxygen atoms in total. The van der Waals surface area contributed by atoms with E-state index in [0.717, 1.165) is 43.5 Å². The van der Waals surface area contributed by atoms with Gasteiger partial charge in [0.05, 0.1) is 10.5 Å². The molecule has 2 aliphatic rings. The van der Waals surface area contributed by atoms with E-state index in [2.05, 4.69) is 35.2 Å². The molecule has 4 aromatic rings. The van der Waals surface area contributed by atoms with E-state index in [4.69, 9.17) is 17.2 Å². The summed E-state index contributed by atoms with van der Waals surface area (Å²) in [6.07, 6.45) is 7.27. The Labute approximate surface area is 249 Å². The Hall–Kier alpha value is -3.75. The van der Waals surface area contributed by atoms with Gasteiger partial charge in [-0.2, -0.15) is 0 Å². The molecule has 0 unspecified atom stereocenters. The highest BCUT2D eigenvalue weighted by molar-refractivity contribution is 8.26. The summed E-state index contributed by atoms with van der Waals surface area (Å²) in [6.45, 7) is 4.09. The number of rotatable bonds is 7. The second-order valence-corrected chi connectivity index (χ2v) is 12.4. The lowest BCUT2D eigenvalue weighted by Crippen LogP contribution is -2.37. The van der Waals surface area contributed by atoms with Crippen LogP contribution in [-0.2, 0) is 17.6 Å². The van der Waals surface area contributed by atoms with Gasteiger partial charge in [-0.25, -0.2) is 4.98 Å². The number of fused-ring (bicyclic) bond motifs is 1. The number of hydrogen-bond donors (Lipinski definition) is 0. The second kappa shape index (κ2) is 12.0. The fraction of sp³-hybridized carbons (Fsp3) is 0.273. The number of piperidine rings is 1. The van der Waals surface area contributed by atoms with Crippen LogP contribution in [0.1, 0.15) is 35.1 Å². The lowest BCUT2D eigenvalue weighted by molar-refractivity contribution is -0.122. The molecule has 2 fully saturated rings. The van der Waals surface area contributed by atoms with E-state index in [1.54, 1.807) is 21.6 Å². The van der Waals surface area contributed by atoms with Crippen LogP contribution >= 0.6 is 24.0 Å². The van der Waals surface area contributed by atoms with E-state index in [1.807, 2.05) is 49.4 Å². The Balaban J connectivity index is 1.29. The van der Waals surface area contributed by atoms with Crippen molar-refractivity contribution in [3.63, 3.8) is 0 Å². The van der Waals surface area contributed by atoms with E-state index in [-0.39, 0.29) is 11.5 Å². The highest BCUT2D eigenvalue weighted by Gasteiger charge is 2.33. The van der Waals surface area contributed by atoms with Crippen LogP contribution in [-0.4, -0.2) is 44.1 Å². The fourth-order valence-corrected chi connectivity index (χ4v) is 6.96. The number of benzene rings is 2. The number of thioether (sulfide) groups is 1. The summed E-state index contributed by atoms with van der Waals surface area (Å²) in [6, 6.07) is 24.5. The SMILES string of the molecule is Cc1cccn2c(=O)c(/C=C3/SC(=S)N(CCc4ccccc4)C3=O)c(N3CCC(Cc4ccccc4)CC3)nc12. The maximum Gasteiger partial charge on any atom is 0.267 e. The van der Waals surface area contributed by atoms with Crippen LogP contribution in [0.15, 0.2) is 88.7 Å². The second-order valence-electron chi connectivity index (χ2n) is 10.7. The summed E-state index contributed by atoms with van der Waals surface area (Å²) in [4.78, 5) is 36.7. The van der Waals surface area contributed by atoms with Gasteiger partial charge in [0.1, 0.15) is 15.8 Å². The van der Waals surface area contributed by atoms with Gasteiger partial charge >= 0.3 is 0 Å². The van der Waals surface area contributed by atoms with Gasteiger partial charge in [-0.3, -0.25) is 18.9 Å². The first kappa shape index (κ1) is 27.4. The maximum absolute atomic E-state index is 13.9. The van der Waals surface area contributed by atoms with Crippen molar-refractivity contribution in [1.29, 1.82) is 0 Å². The first-order chi connectivity index (χ1) is 20.0. The van der Waals surface area contributed by atoms with Crippen LogP contribution in [0.3, 0.4) is 0 Å². The Morgan fingerprint density at radius 1 is 0.951 bits per heavy atom. The number of thiocarbonyl (C=S) groups is 1. The van der Waals surface area contributed by atoms with Crippen molar-refractivity contribution in [1.82, 2.24) is 14.3 Å².